The number of rotatable bonds is 8. The van der Waals surface area contributed by atoms with Crippen LogP contribution in [0, 0.1) is 29.1 Å². The molecule has 0 radical (unpaired) electrons. The maximum Gasteiger partial charge on any atom is 0.344 e. The SMILES string of the molecule is CCCCC/C=C\CCOC(=O)c1c(F)c(F)c(F)c(F)c1F. The number of carbonyl (C=O) groups is 1. The van der Waals surface area contributed by atoms with Gasteiger partial charge in [0, 0.05) is 0 Å². The van der Waals surface area contributed by atoms with Crippen LogP contribution in [0.1, 0.15) is 49.4 Å². The van der Waals surface area contributed by atoms with Gasteiger partial charge in [-0.05, 0) is 19.3 Å². The number of ether oxygens (including phenoxy) is 1. The zero-order valence-electron chi connectivity index (χ0n) is 12.6. The van der Waals surface area contributed by atoms with Gasteiger partial charge in [-0.2, -0.15) is 0 Å². The lowest BCUT2D eigenvalue weighted by molar-refractivity contribution is 0.0497. The number of esters is 1. The average molecular weight is 336 g/mol. The summed E-state index contributed by atoms with van der Waals surface area (Å²) in [5.74, 6) is -12.6. The van der Waals surface area contributed by atoms with Crippen molar-refractivity contribution in [3.8, 4) is 0 Å². The van der Waals surface area contributed by atoms with E-state index >= 15 is 0 Å². The Bertz CT molecular complexity index is 555. The summed E-state index contributed by atoms with van der Waals surface area (Å²) in [6.07, 6.45) is 7.96. The van der Waals surface area contributed by atoms with Crippen molar-refractivity contribution in [2.45, 2.75) is 39.0 Å². The second-order valence-corrected chi connectivity index (χ2v) is 4.84. The van der Waals surface area contributed by atoms with Crippen LogP contribution in [-0.2, 0) is 4.74 Å². The molecule has 0 aliphatic rings. The van der Waals surface area contributed by atoms with Crippen molar-refractivity contribution in [1.29, 1.82) is 0 Å². The zero-order chi connectivity index (χ0) is 17.4. The molecular weight excluding hydrogens is 319 g/mol. The third kappa shape index (κ3) is 5.04. The molecule has 1 rings (SSSR count). The fourth-order valence-electron chi connectivity index (χ4n) is 1.82. The Balaban J connectivity index is 2.60. The quantitative estimate of drug-likeness (QED) is 0.166. The maximum absolute atomic E-state index is 13.4. The minimum absolute atomic E-state index is 0.220. The van der Waals surface area contributed by atoms with Gasteiger partial charge in [-0.25, -0.2) is 26.7 Å². The van der Waals surface area contributed by atoms with Crippen molar-refractivity contribution in [2.75, 3.05) is 6.61 Å². The molecule has 0 saturated carbocycles. The number of hydrogen-bond acceptors (Lipinski definition) is 2. The Kier molecular flexibility index (Phi) is 7.71. The van der Waals surface area contributed by atoms with Gasteiger partial charge < -0.3 is 4.74 Å². The summed E-state index contributed by atoms with van der Waals surface area (Å²) in [6.45, 7) is 1.85. The van der Waals surface area contributed by atoms with E-state index in [0.29, 0.717) is 0 Å². The van der Waals surface area contributed by atoms with Crippen LogP contribution in [0.25, 0.3) is 0 Å². The lowest BCUT2D eigenvalue weighted by Crippen LogP contribution is -2.15. The monoisotopic (exact) mass is 336 g/mol. The molecule has 2 nitrogen and oxygen atoms in total. The fraction of sp³-hybridized carbons (Fsp3) is 0.438. The molecule has 0 saturated heterocycles. The van der Waals surface area contributed by atoms with E-state index in [1.165, 1.54) is 0 Å². The Hall–Kier alpha value is -1.92. The van der Waals surface area contributed by atoms with Crippen molar-refractivity contribution in [2.24, 2.45) is 0 Å². The van der Waals surface area contributed by atoms with Gasteiger partial charge in [-0.15, -0.1) is 0 Å². The van der Waals surface area contributed by atoms with Gasteiger partial charge >= 0.3 is 5.97 Å². The van der Waals surface area contributed by atoms with Crippen molar-refractivity contribution in [3.05, 3.63) is 46.8 Å². The average Bonchev–Trinajstić information content (AvgIpc) is 2.53. The lowest BCUT2D eigenvalue weighted by atomic mass is 10.1. The molecule has 1 aromatic rings. The van der Waals surface area contributed by atoms with E-state index in [9.17, 15) is 26.7 Å². The summed E-state index contributed by atoms with van der Waals surface area (Å²) < 4.78 is 70.1. The molecular formula is C16H17F5O2. The van der Waals surface area contributed by atoms with Crippen LogP contribution in [-0.4, -0.2) is 12.6 Å². The molecule has 1 aromatic carbocycles. The Labute approximate surface area is 130 Å². The molecule has 0 amide bonds. The largest absolute Gasteiger partial charge is 0.462 e. The summed E-state index contributed by atoms with van der Waals surface area (Å²) in [7, 11) is 0. The fourth-order valence-corrected chi connectivity index (χ4v) is 1.82. The number of halogens is 5. The zero-order valence-corrected chi connectivity index (χ0v) is 12.6. The molecule has 0 atom stereocenters. The van der Waals surface area contributed by atoms with Crippen molar-refractivity contribution >= 4 is 5.97 Å². The predicted octanol–water partition coefficient (Wildman–Crippen LogP) is 5.07. The second-order valence-electron chi connectivity index (χ2n) is 4.84. The number of carbonyl (C=O) groups excluding carboxylic acids is 1. The van der Waals surface area contributed by atoms with E-state index in [1.54, 1.807) is 6.08 Å². The van der Waals surface area contributed by atoms with Crippen LogP contribution in [0.15, 0.2) is 12.2 Å². The standard InChI is InChI=1S/C16H17F5O2/c1-2-3-4-5-6-7-8-9-23-16(22)10-11(17)13(19)15(21)14(20)12(10)18/h6-7H,2-5,8-9H2,1H3/b7-6-. The highest BCUT2D eigenvalue weighted by atomic mass is 19.2. The van der Waals surface area contributed by atoms with Crippen molar-refractivity contribution < 1.29 is 31.5 Å². The first-order chi connectivity index (χ1) is 10.9. The Morgan fingerprint density at radius 3 is 1.96 bits per heavy atom. The lowest BCUT2D eigenvalue weighted by Gasteiger charge is -2.07. The van der Waals surface area contributed by atoms with Crippen LogP contribution < -0.4 is 0 Å². The molecule has 0 aromatic heterocycles. The van der Waals surface area contributed by atoms with Gasteiger partial charge in [-0.1, -0.05) is 31.9 Å². The summed E-state index contributed by atoms with van der Waals surface area (Å²) in [4.78, 5) is 11.5. The molecule has 0 aliphatic heterocycles. The highest BCUT2D eigenvalue weighted by molar-refractivity contribution is 5.90. The molecule has 23 heavy (non-hydrogen) atoms. The van der Waals surface area contributed by atoms with E-state index in [-0.39, 0.29) is 13.0 Å². The van der Waals surface area contributed by atoms with Crippen LogP contribution >= 0.6 is 0 Å². The minimum atomic E-state index is -2.31. The number of allylic oxidation sites excluding steroid dienone is 1. The molecule has 0 bridgehead atoms. The summed E-state index contributed by atoms with van der Waals surface area (Å²) in [5.41, 5.74) is -1.58. The highest BCUT2D eigenvalue weighted by Crippen LogP contribution is 2.23. The van der Waals surface area contributed by atoms with E-state index in [1.807, 2.05) is 6.08 Å². The second kappa shape index (κ2) is 9.27. The van der Waals surface area contributed by atoms with Crippen LogP contribution in [0.4, 0.5) is 22.0 Å². The molecule has 0 aliphatic carbocycles. The van der Waals surface area contributed by atoms with Crippen molar-refractivity contribution in [3.63, 3.8) is 0 Å². The summed E-state index contributed by atoms with van der Waals surface area (Å²) >= 11 is 0. The van der Waals surface area contributed by atoms with E-state index in [2.05, 4.69) is 11.7 Å². The van der Waals surface area contributed by atoms with E-state index < -0.39 is 40.6 Å². The first kappa shape index (κ1) is 19.1. The van der Waals surface area contributed by atoms with Crippen LogP contribution in [0.3, 0.4) is 0 Å². The number of unbranched alkanes of at least 4 members (excludes halogenated alkanes) is 3. The van der Waals surface area contributed by atoms with Gasteiger partial charge in [0.15, 0.2) is 23.3 Å². The van der Waals surface area contributed by atoms with E-state index in [4.69, 9.17) is 0 Å². The molecule has 7 heteroatoms. The van der Waals surface area contributed by atoms with Crippen molar-refractivity contribution in [1.82, 2.24) is 0 Å². The van der Waals surface area contributed by atoms with Crippen LogP contribution in [0.2, 0.25) is 0 Å². The molecule has 0 fully saturated rings. The Morgan fingerprint density at radius 1 is 0.870 bits per heavy atom. The minimum Gasteiger partial charge on any atom is -0.462 e. The first-order valence-corrected chi connectivity index (χ1v) is 7.25. The molecule has 0 unspecified atom stereocenters. The third-order valence-corrected chi connectivity index (χ3v) is 3.07. The molecule has 128 valence electrons. The normalized spacial score (nSPS) is 11.2. The number of benzene rings is 1. The van der Waals surface area contributed by atoms with Gasteiger partial charge in [0.25, 0.3) is 0 Å². The Morgan fingerprint density at radius 2 is 1.39 bits per heavy atom. The summed E-state index contributed by atoms with van der Waals surface area (Å²) in [5, 5.41) is 0. The van der Waals surface area contributed by atoms with Gasteiger partial charge in [-0.3, -0.25) is 0 Å². The predicted molar refractivity (Wildman–Crippen MR) is 74.4 cm³/mol. The smallest absolute Gasteiger partial charge is 0.344 e. The first-order valence-electron chi connectivity index (χ1n) is 7.25. The number of hydrogen-bond donors (Lipinski definition) is 0. The van der Waals surface area contributed by atoms with Gasteiger partial charge in [0.05, 0.1) is 6.61 Å². The third-order valence-electron chi connectivity index (χ3n) is 3.07. The topological polar surface area (TPSA) is 26.3 Å². The molecule has 0 N–H and O–H groups in total. The van der Waals surface area contributed by atoms with Gasteiger partial charge in [0.2, 0.25) is 5.82 Å². The molecule has 0 heterocycles. The van der Waals surface area contributed by atoms with Gasteiger partial charge in [0.1, 0.15) is 5.56 Å². The maximum atomic E-state index is 13.4. The van der Waals surface area contributed by atoms with E-state index in [0.717, 1.165) is 25.7 Å². The van der Waals surface area contributed by atoms with Crippen LogP contribution in [0.5, 0.6) is 0 Å². The highest BCUT2D eigenvalue weighted by Gasteiger charge is 2.30. The molecule has 0 spiro atoms. The summed E-state index contributed by atoms with van der Waals surface area (Å²) in [6, 6.07) is 0.